The van der Waals surface area contributed by atoms with Crippen molar-refractivity contribution < 1.29 is 9.53 Å². The molecular formula is C22H36N4O2. The van der Waals surface area contributed by atoms with E-state index >= 15 is 0 Å². The summed E-state index contributed by atoms with van der Waals surface area (Å²) in [4.78, 5) is 18.6. The normalized spacial score (nSPS) is 20.6. The van der Waals surface area contributed by atoms with E-state index in [2.05, 4.69) is 64.7 Å². The van der Waals surface area contributed by atoms with E-state index in [0.717, 1.165) is 38.4 Å². The largest absolute Gasteiger partial charge is 0.466 e. The van der Waals surface area contributed by atoms with Crippen molar-refractivity contribution in [2.24, 2.45) is 4.99 Å². The zero-order valence-corrected chi connectivity index (χ0v) is 17.6. The SMILES string of the molecule is CCNC(=NCCCC(=O)OCC)NC1CCN(Cc2ccccc2)C(C)C1. The highest BCUT2D eigenvalue weighted by atomic mass is 16.5. The predicted octanol–water partition coefficient (Wildman–Crippen LogP) is 2.94. The number of benzene rings is 1. The minimum absolute atomic E-state index is 0.143. The lowest BCUT2D eigenvalue weighted by atomic mass is 9.97. The van der Waals surface area contributed by atoms with Gasteiger partial charge >= 0.3 is 5.97 Å². The van der Waals surface area contributed by atoms with Crippen LogP contribution in [0.5, 0.6) is 0 Å². The fraction of sp³-hybridized carbons (Fsp3) is 0.636. The van der Waals surface area contributed by atoms with Crippen molar-refractivity contribution in [1.29, 1.82) is 0 Å². The first kappa shape index (κ1) is 22.2. The van der Waals surface area contributed by atoms with E-state index in [-0.39, 0.29) is 5.97 Å². The van der Waals surface area contributed by atoms with Crippen LogP contribution in [-0.2, 0) is 16.1 Å². The Morgan fingerprint density at radius 2 is 2.07 bits per heavy atom. The molecule has 0 saturated carbocycles. The second kappa shape index (κ2) is 12.4. The van der Waals surface area contributed by atoms with Crippen molar-refractivity contribution in [3.8, 4) is 0 Å². The Morgan fingerprint density at radius 3 is 2.75 bits per heavy atom. The number of piperidine rings is 1. The van der Waals surface area contributed by atoms with Crippen LogP contribution in [0.2, 0.25) is 0 Å². The number of aliphatic imine (C=N–C) groups is 1. The number of hydrogen-bond acceptors (Lipinski definition) is 4. The van der Waals surface area contributed by atoms with Gasteiger partial charge in [0, 0.05) is 44.7 Å². The van der Waals surface area contributed by atoms with Gasteiger partial charge in [-0.3, -0.25) is 14.7 Å². The molecule has 1 aliphatic heterocycles. The van der Waals surface area contributed by atoms with Gasteiger partial charge in [-0.25, -0.2) is 0 Å². The van der Waals surface area contributed by atoms with Gasteiger partial charge in [0.2, 0.25) is 0 Å². The highest BCUT2D eigenvalue weighted by Gasteiger charge is 2.25. The zero-order valence-electron chi connectivity index (χ0n) is 17.6. The van der Waals surface area contributed by atoms with E-state index in [9.17, 15) is 4.79 Å². The van der Waals surface area contributed by atoms with Gasteiger partial charge in [0.25, 0.3) is 0 Å². The van der Waals surface area contributed by atoms with Crippen LogP contribution < -0.4 is 10.6 Å². The van der Waals surface area contributed by atoms with E-state index in [4.69, 9.17) is 4.74 Å². The van der Waals surface area contributed by atoms with Crippen LogP contribution >= 0.6 is 0 Å². The minimum Gasteiger partial charge on any atom is -0.466 e. The highest BCUT2D eigenvalue weighted by Crippen LogP contribution is 2.19. The molecule has 6 heteroatoms. The Kier molecular flexibility index (Phi) is 9.83. The summed E-state index contributed by atoms with van der Waals surface area (Å²) in [7, 11) is 0. The van der Waals surface area contributed by atoms with Gasteiger partial charge in [-0.05, 0) is 45.6 Å². The Bertz CT molecular complexity index is 606. The summed E-state index contributed by atoms with van der Waals surface area (Å²) < 4.78 is 4.96. The molecule has 6 nitrogen and oxygen atoms in total. The van der Waals surface area contributed by atoms with E-state index in [0.29, 0.717) is 38.1 Å². The van der Waals surface area contributed by atoms with Gasteiger partial charge in [-0.1, -0.05) is 30.3 Å². The van der Waals surface area contributed by atoms with Crippen LogP contribution in [0.3, 0.4) is 0 Å². The van der Waals surface area contributed by atoms with Gasteiger partial charge in [-0.15, -0.1) is 0 Å². The van der Waals surface area contributed by atoms with Crippen LogP contribution in [0.4, 0.5) is 0 Å². The zero-order chi connectivity index (χ0) is 20.2. The number of ether oxygens (including phenoxy) is 1. The number of carbonyl (C=O) groups is 1. The van der Waals surface area contributed by atoms with Crippen LogP contribution in [-0.4, -0.2) is 55.2 Å². The van der Waals surface area contributed by atoms with E-state index in [1.54, 1.807) is 0 Å². The summed E-state index contributed by atoms with van der Waals surface area (Å²) in [6.07, 6.45) is 3.33. The number of hydrogen-bond donors (Lipinski definition) is 2. The fourth-order valence-electron chi connectivity index (χ4n) is 3.57. The average Bonchev–Trinajstić information content (AvgIpc) is 2.68. The van der Waals surface area contributed by atoms with Crippen molar-refractivity contribution in [3.05, 3.63) is 35.9 Å². The molecule has 2 atom stereocenters. The molecule has 1 heterocycles. The number of nitrogens with one attached hydrogen (secondary N) is 2. The summed E-state index contributed by atoms with van der Waals surface area (Å²) in [5.41, 5.74) is 1.37. The molecule has 0 aliphatic carbocycles. The Morgan fingerprint density at radius 1 is 1.29 bits per heavy atom. The molecule has 0 aromatic heterocycles. The molecule has 1 aromatic rings. The molecule has 2 rings (SSSR count). The van der Waals surface area contributed by atoms with E-state index in [1.807, 2.05) is 6.92 Å². The summed E-state index contributed by atoms with van der Waals surface area (Å²) in [6, 6.07) is 11.6. The number of guanidine groups is 1. The standard InChI is InChI=1S/C22H36N4O2/c1-4-23-22(24-14-9-12-21(27)28-5-2)25-20-13-15-26(18(3)16-20)17-19-10-7-6-8-11-19/h6-8,10-11,18,20H,4-5,9,12-17H2,1-3H3,(H2,23,24,25). The number of rotatable bonds is 9. The molecule has 1 aliphatic rings. The Balaban J connectivity index is 1.78. The lowest BCUT2D eigenvalue weighted by molar-refractivity contribution is -0.143. The smallest absolute Gasteiger partial charge is 0.305 e. The quantitative estimate of drug-likeness (QED) is 0.295. The third kappa shape index (κ3) is 7.89. The lowest BCUT2D eigenvalue weighted by Gasteiger charge is -2.38. The van der Waals surface area contributed by atoms with Gasteiger partial charge < -0.3 is 15.4 Å². The van der Waals surface area contributed by atoms with E-state index < -0.39 is 0 Å². The first-order chi connectivity index (χ1) is 13.6. The summed E-state index contributed by atoms with van der Waals surface area (Å²) in [5, 5.41) is 6.90. The molecule has 1 fully saturated rings. The number of carbonyl (C=O) groups excluding carboxylic acids is 1. The van der Waals surface area contributed by atoms with Crippen LogP contribution in [0.15, 0.2) is 35.3 Å². The number of nitrogens with zero attached hydrogens (tertiary/aromatic N) is 2. The number of esters is 1. The molecule has 156 valence electrons. The maximum atomic E-state index is 11.4. The van der Waals surface area contributed by atoms with Crippen molar-refractivity contribution in [3.63, 3.8) is 0 Å². The van der Waals surface area contributed by atoms with Gasteiger partial charge in [0.05, 0.1) is 6.61 Å². The molecule has 1 aromatic carbocycles. The molecule has 2 unspecified atom stereocenters. The fourth-order valence-corrected chi connectivity index (χ4v) is 3.57. The van der Waals surface area contributed by atoms with Crippen LogP contribution in [0.1, 0.15) is 52.0 Å². The molecule has 28 heavy (non-hydrogen) atoms. The first-order valence-electron chi connectivity index (χ1n) is 10.6. The molecule has 0 bridgehead atoms. The molecular weight excluding hydrogens is 352 g/mol. The van der Waals surface area contributed by atoms with Crippen LogP contribution in [0.25, 0.3) is 0 Å². The van der Waals surface area contributed by atoms with Crippen molar-refractivity contribution in [2.75, 3.05) is 26.2 Å². The predicted molar refractivity (Wildman–Crippen MR) is 114 cm³/mol. The molecule has 0 radical (unpaired) electrons. The average molecular weight is 389 g/mol. The summed E-state index contributed by atoms with van der Waals surface area (Å²) >= 11 is 0. The van der Waals surface area contributed by atoms with Crippen molar-refractivity contribution >= 4 is 11.9 Å². The van der Waals surface area contributed by atoms with Gasteiger partial charge in [-0.2, -0.15) is 0 Å². The van der Waals surface area contributed by atoms with E-state index in [1.165, 1.54) is 5.56 Å². The Hall–Kier alpha value is -2.08. The van der Waals surface area contributed by atoms with Gasteiger partial charge in [0.15, 0.2) is 5.96 Å². The van der Waals surface area contributed by atoms with Gasteiger partial charge in [0.1, 0.15) is 0 Å². The monoisotopic (exact) mass is 388 g/mol. The molecule has 2 N–H and O–H groups in total. The third-order valence-electron chi connectivity index (χ3n) is 5.04. The lowest BCUT2D eigenvalue weighted by Crippen LogP contribution is -2.51. The minimum atomic E-state index is -0.143. The first-order valence-corrected chi connectivity index (χ1v) is 10.6. The molecule has 0 amide bonds. The van der Waals surface area contributed by atoms with Crippen LogP contribution in [0, 0.1) is 0 Å². The molecule has 0 spiro atoms. The molecule has 1 saturated heterocycles. The van der Waals surface area contributed by atoms with Crippen molar-refractivity contribution in [2.45, 2.75) is 65.1 Å². The highest BCUT2D eigenvalue weighted by molar-refractivity contribution is 5.80. The topological polar surface area (TPSA) is 66.0 Å². The number of likely N-dealkylation sites (tertiary alicyclic amines) is 1. The second-order valence-corrected chi connectivity index (χ2v) is 7.34. The summed E-state index contributed by atoms with van der Waals surface area (Å²) in [6.45, 7) is 10.2. The third-order valence-corrected chi connectivity index (χ3v) is 5.04. The maximum absolute atomic E-state index is 11.4. The maximum Gasteiger partial charge on any atom is 0.305 e. The summed E-state index contributed by atoms with van der Waals surface area (Å²) in [5.74, 6) is 0.704. The Labute approximate surface area is 169 Å². The second-order valence-electron chi connectivity index (χ2n) is 7.34. The van der Waals surface area contributed by atoms with Crippen molar-refractivity contribution in [1.82, 2.24) is 15.5 Å².